The number of rotatable bonds is 1. The van der Waals surface area contributed by atoms with E-state index in [4.69, 9.17) is 0 Å². The predicted molar refractivity (Wildman–Crippen MR) is 67.8 cm³/mol. The van der Waals surface area contributed by atoms with Crippen molar-refractivity contribution >= 4 is 22.8 Å². The van der Waals surface area contributed by atoms with Crippen LogP contribution in [0, 0.1) is 0 Å². The summed E-state index contributed by atoms with van der Waals surface area (Å²) in [6, 6.07) is 4.87. The van der Waals surface area contributed by atoms with Crippen molar-refractivity contribution in [2.24, 2.45) is 0 Å². The Hall–Kier alpha value is -1.37. The van der Waals surface area contributed by atoms with Gasteiger partial charge >= 0.3 is 29.6 Å². The predicted octanol–water partition coefficient (Wildman–Crippen LogP) is -2.19. The maximum absolute atomic E-state index is 11.2. The summed E-state index contributed by atoms with van der Waals surface area (Å²) >= 11 is 0. The minimum atomic E-state index is -1.24. The van der Waals surface area contributed by atoms with E-state index in [9.17, 15) is 9.90 Å². The van der Waals surface area contributed by atoms with Crippen molar-refractivity contribution in [2.75, 3.05) is 0 Å². The van der Waals surface area contributed by atoms with Crippen LogP contribution in [0.2, 0.25) is 0 Å². The fourth-order valence-corrected chi connectivity index (χ4v) is 2.03. The quantitative estimate of drug-likeness (QED) is 0.474. The van der Waals surface area contributed by atoms with Gasteiger partial charge in [0, 0.05) is 0 Å². The van der Waals surface area contributed by atoms with Crippen molar-refractivity contribution < 1.29 is 39.5 Å². The third-order valence-electron chi connectivity index (χ3n) is 2.99. The van der Waals surface area contributed by atoms with Gasteiger partial charge in [0.2, 0.25) is 0 Å². The van der Waals surface area contributed by atoms with Gasteiger partial charge in [-0.25, -0.2) is 4.98 Å². The second kappa shape index (κ2) is 4.87. The first-order valence-corrected chi connectivity index (χ1v) is 5.96. The Morgan fingerprint density at radius 3 is 2.60 bits per heavy atom. The number of carbonyl (C=O) groups is 1. The van der Waals surface area contributed by atoms with E-state index in [0.717, 1.165) is 0 Å². The summed E-state index contributed by atoms with van der Waals surface area (Å²) in [6.07, 6.45) is 1.82. The minimum Gasteiger partial charge on any atom is -0.543 e. The van der Waals surface area contributed by atoms with E-state index in [0.29, 0.717) is 16.8 Å². The Morgan fingerprint density at radius 1 is 1.30 bits per heavy atom. The molecular weight excluding hydrogens is 267 g/mol. The Bertz CT molecular complexity index is 798. The summed E-state index contributed by atoms with van der Waals surface area (Å²) in [7, 11) is 0. The van der Waals surface area contributed by atoms with E-state index in [-0.39, 0.29) is 40.8 Å². The minimum absolute atomic E-state index is 0. The summed E-state index contributed by atoms with van der Waals surface area (Å²) < 4.78 is 3.29. The second-order valence-electron chi connectivity index (χ2n) is 5.46. The molecule has 98 valence electrons. The first-order valence-electron chi connectivity index (χ1n) is 5.96. The van der Waals surface area contributed by atoms with Gasteiger partial charge in [-0.15, -0.1) is 0 Å². The monoisotopic (exact) mass is 280 g/mol. The first kappa shape index (κ1) is 15.0. The number of hydrogen-bond acceptors (Lipinski definition) is 4. The molecule has 0 radical (unpaired) electrons. The summed E-state index contributed by atoms with van der Waals surface area (Å²) in [5, 5.41) is 15.6. The molecule has 3 aromatic rings. The van der Waals surface area contributed by atoms with Crippen LogP contribution < -0.4 is 34.7 Å². The molecular formula is C13H13N4NaO2. The van der Waals surface area contributed by atoms with Crippen molar-refractivity contribution in [1.29, 1.82) is 0 Å². The molecule has 6 nitrogen and oxygen atoms in total. The topological polar surface area (TPSA) is 75.2 Å². The van der Waals surface area contributed by atoms with Crippen LogP contribution in [0.3, 0.4) is 0 Å². The van der Waals surface area contributed by atoms with Crippen molar-refractivity contribution in [3.63, 3.8) is 0 Å². The number of carboxylic acids is 1. The molecule has 0 bridgehead atoms. The average molecular weight is 280 g/mol. The smallest absolute Gasteiger partial charge is 0.543 e. The van der Waals surface area contributed by atoms with Crippen LogP contribution in [0.4, 0.5) is 0 Å². The molecule has 0 atom stereocenters. The maximum atomic E-state index is 11.2. The normalized spacial score (nSPS) is 11.8. The van der Waals surface area contributed by atoms with E-state index in [1.165, 1.54) is 10.5 Å². The van der Waals surface area contributed by atoms with Crippen LogP contribution in [-0.2, 0) is 5.54 Å². The number of nitrogens with zero attached hydrogens (tertiary/aromatic N) is 4. The summed E-state index contributed by atoms with van der Waals surface area (Å²) in [4.78, 5) is 15.5. The van der Waals surface area contributed by atoms with Gasteiger partial charge in [-0.3, -0.25) is 9.08 Å². The molecule has 7 heteroatoms. The van der Waals surface area contributed by atoms with E-state index >= 15 is 0 Å². The van der Waals surface area contributed by atoms with Gasteiger partial charge in [0.25, 0.3) is 0 Å². The van der Waals surface area contributed by atoms with Crippen molar-refractivity contribution in [3.05, 3.63) is 30.1 Å². The number of hydrogen-bond donors (Lipinski definition) is 0. The maximum Gasteiger partial charge on any atom is 1.00 e. The number of imidazole rings is 1. The third kappa shape index (κ3) is 2.24. The van der Waals surface area contributed by atoms with Crippen LogP contribution in [0.1, 0.15) is 31.3 Å². The molecule has 3 heterocycles. The Balaban J connectivity index is 0.00000147. The van der Waals surface area contributed by atoms with E-state index in [1.54, 1.807) is 16.8 Å². The molecule has 0 aliphatic carbocycles. The Labute approximate surface area is 137 Å². The van der Waals surface area contributed by atoms with Gasteiger partial charge < -0.3 is 9.90 Å². The Kier molecular flexibility index (Phi) is 3.66. The molecule has 3 aromatic heterocycles. The van der Waals surface area contributed by atoms with Crippen LogP contribution in [0.15, 0.2) is 24.4 Å². The molecule has 0 aliphatic heterocycles. The zero-order valence-corrected chi connectivity index (χ0v) is 13.9. The molecule has 0 fully saturated rings. The molecule has 0 aromatic carbocycles. The molecule has 0 spiro atoms. The molecule has 20 heavy (non-hydrogen) atoms. The zero-order valence-electron chi connectivity index (χ0n) is 11.9. The van der Waals surface area contributed by atoms with E-state index in [1.807, 2.05) is 27.0 Å². The average Bonchev–Trinajstić information content (AvgIpc) is 2.83. The van der Waals surface area contributed by atoms with Gasteiger partial charge in [0.15, 0.2) is 5.65 Å². The van der Waals surface area contributed by atoms with Crippen molar-refractivity contribution in [2.45, 2.75) is 26.3 Å². The molecule has 0 unspecified atom stereocenters. The van der Waals surface area contributed by atoms with Crippen LogP contribution >= 0.6 is 0 Å². The van der Waals surface area contributed by atoms with Gasteiger partial charge in [-0.2, -0.15) is 5.10 Å². The van der Waals surface area contributed by atoms with E-state index < -0.39 is 5.97 Å². The van der Waals surface area contributed by atoms with Crippen LogP contribution in [-0.4, -0.2) is 25.1 Å². The molecule has 3 rings (SSSR count). The molecule has 0 aliphatic rings. The molecule has 0 amide bonds. The van der Waals surface area contributed by atoms with Crippen molar-refractivity contribution in [3.8, 4) is 0 Å². The van der Waals surface area contributed by atoms with Gasteiger partial charge in [-0.05, 0) is 32.9 Å². The number of aromatic nitrogens is 4. The standard InChI is InChI=1S/C13H14N4O2.Na/c1-13(2,3)16-7-8-11(15-16)17-9(12(18)19)5-4-6-10(17)14-8;/h4-7H,1-3H3,(H,18,19);/q;+1/p-1. The van der Waals surface area contributed by atoms with Crippen molar-refractivity contribution in [1.82, 2.24) is 19.2 Å². The fraction of sp³-hybridized carbons (Fsp3) is 0.308. The van der Waals surface area contributed by atoms with Crippen LogP contribution in [0.25, 0.3) is 16.8 Å². The van der Waals surface area contributed by atoms with Gasteiger partial charge in [0.1, 0.15) is 11.2 Å². The van der Waals surface area contributed by atoms with Crippen LogP contribution in [0.5, 0.6) is 0 Å². The zero-order chi connectivity index (χ0) is 13.8. The number of carbonyl (C=O) groups excluding carboxylic acids is 1. The summed E-state index contributed by atoms with van der Waals surface area (Å²) in [5.41, 5.74) is 1.63. The first-order chi connectivity index (χ1) is 8.88. The number of fused-ring (bicyclic) bond motifs is 3. The number of aromatic carboxylic acids is 1. The second-order valence-corrected chi connectivity index (χ2v) is 5.46. The van der Waals surface area contributed by atoms with Gasteiger partial charge in [-0.1, -0.05) is 6.07 Å². The summed E-state index contributed by atoms with van der Waals surface area (Å²) in [5.74, 6) is -1.24. The number of carboxylic acid groups (broad SMARTS) is 1. The number of pyridine rings is 1. The molecule has 0 saturated heterocycles. The Morgan fingerprint density at radius 2 is 2.00 bits per heavy atom. The van der Waals surface area contributed by atoms with Gasteiger partial charge in [0.05, 0.1) is 23.4 Å². The molecule has 0 saturated carbocycles. The SMILES string of the molecule is CC(C)(C)n1cc2nc3cccc(C(=O)[O-])n3c2n1.[Na+]. The molecule has 0 N–H and O–H groups in total. The summed E-state index contributed by atoms with van der Waals surface area (Å²) in [6.45, 7) is 6.06. The third-order valence-corrected chi connectivity index (χ3v) is 2.99. The van der Waals surface area contributed by atoms with E-state index in [2.05, 4.69) is 10.1 Å². The fourth-order valence-electron chi connectivity index (χ4n) is 2.03. The largest absolute Gasteiger partial charge is 1.00 e.